The highest BCUT2D eigenvalue weighted by Crippen LogP contribution is 2.27. The van der Waals surface area contributed by atoms with Crippen LogP contribution in [0.5, 0.6) is 0 Å². The van der Waals surface area contributed by atoms with Crippen molar-refractivity contribution < 1.29 is 27.8 Å². The van der Waals surface area contributed by atoms with Crippen LogP contribution < -0.4 is 5.73 Å². The molecule has 0 bridgehead atoms. The molecule has 0 aliphatic rings. The Morgan fingerprint density at radius 1 is 1.28 bits per heavy atom. The Morgan fingerprint density at radius 3 is 2.36 bits per heavy atom. The second-order valence-corrected chi connectivity index (χ2v) is 4.78. The Labute approximate surface area is 141 Å². The summed E-state index contributed by atoms with van der Waals surface area (Å²) in [6.07, 6.45) is 1.14. The molecule has 0 aliphatic carbocycles. The molecule has 0 radical (unpaired) electrons. The minimum absolute atomic E-state index is 0.0500. The van der Waals surface area contributed by atoms with Gasteiger partial charge in [-0.15, -0.1) is 0 Å². The molecule has 130 valence electrons. The van der Waals surface area contributed by atoms with Gasteiger partial charge >= 0.3 is 11.9 Å². The molecule has 0 fully saturated rings. The summed E-state index contributed by atoms with van der Waals surface area (Å²) < 4.78 is 38.6. The number of rotatable bonds is 4. The fourth-order valence-electron chi connectivity index (χ4n) is 2.22. The van der Waals surface area contributed by atoms with Gasteiger partial charge in [-0.2, -0.15) is 5.26 Å². The zero-order chi connectivity index (χ0) is 18.7. The van der Waals surface area contributed by atoms with Crippen molar-refractivity contribution in [3.8, 4) is 11.8 Å². The summed E-state index contributed by atoms with van der Waals surface area (Å²) in [6, 6.07) is 3.41. The molecule has 0 amide bonds. The molecule has 2 aromatic rings. The molecule has 9 heteroatoms. The monoisotopic (exact) mass is 349 g/mol. The number of nitrogens with zero attached hydrogens (tertiary/aromatic N) is 2. The second-order valence-electron chi connectivity index (χ2n) is 4.78. The first kappa shape index (κ1) is 17.9. The Balaban J connectivity index is 2.66. The fraction of sp³-hybridized carbons (Fsp3) is 0.188. The van der Waals surface area contributed by atoms with Crippen LogP contribution in [0, 0.1) is 23.0 Å². The van der Waals surface area contributed by atoms with Gasteiger partial charge in [0.05, 0.1) is 30.7 Å². The molecular weight excluding hydrogens is 336 g/mol. The second kappa shape index (κ2) is 7.00. The standard InChI is InChI=1S/C16H13F2N3O4/c1-3-25-15(22)12-10(17)4-9(5-11(12)18)21-7-8(6-19)13(20)14(21)16(23)24-2/h4-5,7H,3,20H2,1-2H3. The van der Waals surface area contributed by atoms with Crippen molar-refractivity contribution in [2.45, 2.75) is 6.92 Å². The van der Waals surface area contributed by atoms with E-state index in [4.69, 9.17) is 11.0 Å². The van der Waals surface area contributed by atoms with E-state index in [0.29, 0.717) is 0 Å². The molecule has 0 spiro atoms. The van der Waals surface area contributed by atoms with Gasteiger partial charge in [-0.05, 0) is 19.1 Å². The summed E-state index contributed by atoms with van der Waals surface area (Å²) in [4.78, 5) is 23.5. The zero-order valence-corrected chi connectivity index (χ0v) is 13.3. The lowest BCUT2D eigenvalue weighted by molar-refractivity contribution is 0.0514. The van der Waals surface area contributed by atoms with Crippen LogP contribution in [0.25, 0.3) is 5.69 Å². The Hall–Kier alpha value is -3.41. The number of ether oxygens (including phenoxy) is 2. The summed E-state index contributed by atoms with van der Waals surface area (Å²) >= 11 is 0. The van der Waals surface area contributed by atoms with Gasteiger partial charge in [-0.3, -0.25) is 0 Å². The summed E-state index contributed by atoms with van der Waals surface area (Å²) in [5.74, 6) is -4.42. The third-order valence-electron chi connectivity index (χ3n) is 3.33. The van der Waals surface area contributed by atoms with Gasteiger partial charge in [0.1, 0.15) is 23.3 Å². The van der Waals surface area contributed by atoms with Crippen molar-refractivity contribution in [1.29, 1.82) is 5.26 Å². The van der Waals surface area contributed by atoms with Gasteiger partial charge < -0.3 is 19.8 Å². The number of esters is 2. The lowest BCUT2D eigenvalue weighted by Crippen LogP contribution is -2.14. The summed E-state index contributed by atoms with van der Waals surface area (Å²) in [5.41, 5.74) is 4.18. The van der Waals surface area contributed by atoms with Crippen LogP contribution in [-0.4, -0.2) is 30.2 Å². The predicted octanol–water partition coefficient (Wildman–Crippen LogP) is 2.17. The molecule has 0 saturated heterocycles. The number of nitrogens with two attached hydrogens (primary N) is 1. The van der Waals surface area contributed by atoms with Crippen molar-refractivity contribution in [1.82, 2.24) is 4.57 Å². The molecule has 1 heterocycles. The highest BCUT2D eigenvalue weighted by molar-refractivity contribution is 5.96. The van der Waals surface area contributed by atoms with E-state index >= 15 is 0 Å². The molecule has 2 N–H and O–H groups in total. The molecule has 0 unspecified atom stereocenters. The van der Waals surface area contributed by atoms with Gasteiger partial charge in [-0.25, -0.2) is 18.4 Å². The van der Waals surface area contributed by atoms with Crippen molar-refractivity contribution >= 4 is 17.6 Å². The Kier molecular flexibility index (Phi) is 5.02. The van der Waals surface area contributed by atoms with Crippen LogP contribution in [0.3, 0.4) is 0 Å². The maximum absolute atomic E-state index is 14.2. The maximum Gasteiger partial charge on any atom is 0.357 e. The van der Waals surface area contributed by atoms with E-state index in [1.54, 1.807) is 6.07 Å². The van der Waals surface area contributed by atoms with Crippen molar-refractivity contribution in [2.24, 2.45) is 0 Å². The lowest BCUT2D eigenvalue weighted by atomic mass is 10.1. The van der Waals surface area contributed by atoms with Gasteiger partial charge in [0.2, 0.25) is 0 Å². The smallest absolute Gasteiger partial charge is 0.357 e. The molecule has 0 aliphatic heterocycles. The minimum Gasteiger partial charge on any atom is -0.464 e. The highest BCUT2D eigenvalue weighted by atomic mass is 19.1. The van der Waals surface area contributed by atoms with E-state index in [1.807, 2.05) is 0 Å². The number of carbonyl (C=O) groups excluding carboxylic acids is 2. The molecule has 1 aromatic carbocycles. The topological polar surface area (TPSA) is 107 Å². The average molecular weight is 349 g/mol. The van der Waals surface area contributed by atoms with E-state index in [0.717, 1.165) is 30.0 Å². The lowest BCUT2D eigenvalue weighted by Gasteiger charge is -2.11. The van der Waals surface area contributed by atoms with Crippen LogP contribution >= 0.6 is 0 Å². The van der Waals surface area contributed by atoms with E-state index in [9.17, 15) is 18.4 Å². The van der Waals surface area contributed by atoms with E-state index in [2.05, 4.69) is 9.47 Å². The number of carbonyl (C=O) groups is 2. The first-order valence-corrected chi connectivity index (χ1v) is 7.01. The van der Waals surface area contributed by atoms with Crippen molar-refractivity contribution in [3.05, 3.63) is 46.8 Å². The first-order valence-electron chi connectivity index (χ1n) is 7.01. The number of nitrogen functional groups attached to an aromatic ring is 1. The minimum atomic E-state index is -1.19. The highest BCUT2D eigenvalue weighted by Gasteiger charge is 2.25. The number of hydrogen-bond acceptors (Lipinski definition) is 6. The number of hydrogen-bond donors (Lipinski definition) is 1. The Bertz CT molecular complexity index is 877. The zero-order valence-electron chi connectivity index (χ0n) is 13.3. The van der Waals surface area contributed by atoms with Crippen LogP contribution in [0.4, 0.5) is 14.5 Å². The molecule has 2 rings (SSSR count). The number of anilines is 1. The van der Waals surface area contributed by atoms with E-state index < -0.39 is 29.1 Å². The van der Waals surface area contributed by atoms with Crippen molar-refractivity contribution in [3.63, 3.8) is 0 Å². The Morgan fingerprint density at radius 2 is 1.88 bits per heavy atom. The SMILES string of the molecule is CCOC(=O)c1c(F)cc(-n2cc(C#N)c(N)c2C(=O)OC)cc1F. The maximum atomic E-state index is 14.2. The third kappa shape index (κ3) is 3.14. The summed E-state index contributed by atoms with van der Waals surface area (Å²) in [7, 11) is 1.09. The first-order chi connectivity index (χ1) is 11.8. The van der Waals surface area contributed by atoms with Gasteiger partial charge in [0.25, 0.3) is 0 Å². The molecule has 1 aromatic heterocycles. The number of aromatic nitrogens is 1. The van der Waals surface area contributed by atoms with Gasteiger partial charge in [-0.1, -0.05) is 0 Å². The molecule has 7 nitrogen and oxygen atoms in total. The molecule has 0 atom stereocenters. The predicted molar refractivity (Wildman–Crippen MR) is 82.1 cm³/mol. The third-order valence-corrected chi connectivity index (χ3v) is 3.33. The fourth-order valence-corrected chi connectivity index (χ4v) is 2.22. The van der Waals surface area contributed by atoms with Gasteiger partial charge in [0, 0.05) is 6.20 Å². The molecular formula is C16H13F2N3O4. The number of methoxy groups -OCH3 is 1. The van der Waals surface area contributed by atoms with E-state index in [-0.39, 0.29) is 29.2 Å². The summed E-state index contributed by atoms with van der Waals surface area (Å²) in [5, 5.41) is 9.04. The number of benzene rings is 1. The summed E-state index contributed by atoms with van der Waals surface area (Å²) in [6.45, 7) is 1.45. The molecule has 0 saturated carbocycles. The van der Waals surface area contributed by atoms with Crippen molar-refractivity contribution in [2.75, 3.05) is 19.5 Å². The molecule has 25 heavy (non-hydrogen) atoms. The quantitative estimate of drug-likeness (QED) is 0.848. The number of nitriles is 1. The van der Waals surface area contributed by atoms with Gasteiger partial charge in [0.15, 0.2) is 5.69 Å². The largest absolute Gasteiger partial charge is 0.464 e. The van der Waals surface area contributed by atoms with Crippen LogP contribution in [0.1, 0.15) is 33.3 Å². The average Bonchev–Trinajstić information content (AvgIpc) is 2.90. The number of halogens is 2. The van der Waals surface area contributed by atoms with Crippen LogP contribution in [0.15, 0.2) is 18.3 Å². The van der Waals surface area contributed by atoms with Crippen LogP contribution in [-0.2, 0) is 9.47 Å². The normalized spacial score (nSPS) is 10.2. The van der Waals surface area contributed by atoms with E-state index in [1.165, 1.54) is 6.92 Å². The van der Waals surface area contributed by atoms with Crippen LogP contribution in [0.2, 0.25) is 0 Å².